The van der Waals surface area contributed by atoms with Crippen LogP contribution in [0.4, 0.5) is 5.69 Å². The normalized spacial score (nSPS) is 10.5. The zero-order chi connectivity index (χ0) is 19.8. The summed E-state index contributed by atoms with van der Waals surface area (Å²) in [5, 5.41) is 14.4. The van der Waals surface area contributed by atoms with Crippen LogP contribution in [0, 0.1) is 0 Å². The molecule has 8 nitrogen and oxygen atoms in total. The van der Waals surface area contributed by atoms with Gasteiger partial charge in [0.15, 0.2) is 5.78 Å². The summed E-state index contributed by atoms with van der Waals surface area (Å²) in [5.41, 5.74) is 2.26. The van der Waals surface area contributed by atoms with Crippen molar-refractivity contribution < 1.29 is 14.3 Å². The van der Waals surface area contributed by atoms with Gasteiger partial charge in [-0.05, 0) is 53.2 Å². The van der Waals surface area contributed by atoms with Crippen LogP contribution in [0.3, 0.4) is 0 Å². The first-order valence-corrected chi connectivity index (χ1v) is 9.12. The van der Waals surface area contributed by atoms with Crippen molar-refractivity contribution in [2.24, 2.45) is 0 Å². The molecular formula is C20H23N5O3. The fourth-order valence-corrected chi connectivity index (χ4v) is 2.66. The lowest BCUT2D eigenvalue weighted by molar-refractivity contribution is 0.0986. The maximum absolute atomic E-state index is 12.4. The Kier molecular flexibility index (Phi) is 6.56. The van der Waals surface area contributed by atoms with Gasteiger partial charge in [0.1, 0.15) is 17.8 Å². The molecule has 0 radical (unpaired) electrons. The first-order chi connectivity index (χ1) is 13.7. The average Bonchev–Trinajstić information content (AvgIpc) is 3.27. The first-order valence-electron chi connectivity index (χ1n) is 9.12. The number of nitrogens with one attached hydrogen (secondary N) is 1. The van der Waals surface area contributed by atoms with Crippen LogP contribution in [0.1, 0.15) is 30.1 Å². The number of carbonyl (C=O) groups excluding carboxylic acids is 1. The van der Waals surface area contributed by atoms with Gasteiger partial charge >= 0.3 is 0 Å². The van der Waals surface area contributed by atoms with Crippen molar-refractivity contribution in [1.82, 2.24) is 20.2 Å². The van der Waals surface area contributed by atoms with Crippen molar-refractivity contribution in [3.63, 3.8) is 0 Å². The summed E-state index contributed by atoms with van der Waals surface area (Å²) in [5.74, 6) is 1.50. The number of hydrogen-bond acceptors (Lipinski definition) is 7. The quantitative estimate of drug-likeness (QED) is 0.539. The highest BCUT2D eigenvalue weighted by Gasteiger charge is 2.09. The van der Waals surface area contributed by atoms with Gasteiger partial charge in [-0.25, -0.2) is 4.68 Å². The van der Waals surface area contributed by atoms with Gasteiger partial charge < -0.3 is 14.8 Å². The summed E-state index contributed by atoms with van der Waals surface area (Å²) in [6, 6.07) is 12.8. The molecule has 8 heteroatoms. The third-order valence-corrected chi connectivity index (χ3v) is 4.12. The summed E-state index contributed by atoms with van der Waals surface area (Å²) >= 11 is 0. The van der Waals surface area contributed by atoms with Gasteiger partial charge in [-0.3, -0.25) is 4.79 Å². The van der Waals surface area contributed by atoms with Crippen LogP contribution in [0.5, 0.6) is 11.5 Å². The van der Waals surface area contributed by atoms with E-state index >= 15 is 0 Å². The van der Waals surface area contributed by atoms with Gasteiger partial charge in [-0.15, -0.1) is 5.10 Å². The Hall–Kier alpha value is -3.42. The number of nitrogens with zero attached hydrogens (tertiary/aromatic N) is 4. The zero-order valence-corrected chi connectivity index (χ0v) is 16.0. The van der Waals surface area contributed by atoms with Gasteiger partial charge in [-0.1, -0.05) is 6.92 Å². The van der Waals surface area contributed by atoms with Crippen molar-refractivity contribution in [1.29, 1.82) is 0 Å². The molecule has 2 aromatic carbocycles. The van der Waals surface area contributed by atoms with Crippen LogP contribution in [0.2, 0.25) is 0 Å². The second-order valence-electron chi connectivity index (χ2n) is 6.11. The number of tetrazole rings is 1. The number of Topliss-reactive ketones (excluding diaryl/α,β-unsaturated/α-hetero) is 1. The topological polar surface area (TPSA) is 91.2 Å². The number of hydrogen-bond donors (Lipinski definition) is 1. The number of methoxy groups -OCH3 is 1. The van der Waals surface area contributed by atoms with Crippen molar-refractivity contribution >= 4 is 11.5 Å². The predicted octanol–water partition coefficient (Wildman–Crippen LogP) is 3.14. The van der Waals surface area contributed by atoms with E-state index in [9.17, 15) is 4.79 Å². The number of carbonyl (C=O) groups is 1. The van der Waals surface area contributed by atoms with Crippen LogP contribution < -0.4 is 14.8 Å². The third kappa shape index (κ3) is 4.85. The van der Waals surface area contributed by atoms with Gasteiger partial charge in [-0.2, -0.15) is 0 Å². The Morgan fingerprint density at radius 2 is 2.00 bits per heavy atom. The number of rotatable bonds is 10. The summed E-state index contributed by atoms with van der Waals surface area (Å²) in [4.78, 5) is 12.4. The fraction of sp³-hybridized carbons (Fsp3) is 0.300. The van der Waals surface area contributed by atoms with E-state index in [4.69, 9.17) is 9.47 Å². The van der Waals surface area contributed by atoms with E-state index in [0.717, 1.165) is 23.5 Å². The molecule has 0 aliphatic rings. The molecule has 1 N–H and O–H groups in total. The summed E-state index contributed by atoms with van der Waals surface area (Å²) in [6.07, 6.45) is 2.83. The Labute approximate surface area is 163 Å². The number of anilines is 1. The van der Waals surface area contributed by atoms with E-state index in [-0.39, 0.29) is 5.78 Å². The van der Waals surface area contributed by atoms with Gasteiger partial charge in [0, 0.05) is 24.6 Å². The second kappa shape index (κ2) is 9.50. The third-order valence-electron chi connectivity index (χ3n) is 4.12. The fourth-order valence-electron chi connectivity index (χ4n) is 2.66. The molecule has 146 valence electrons. The summed E-state index contributed by atoms with van der Waals surface area (Å²) in [7, 11) is 1.59. The maximum atomic E-state index is 12.4. The van der Waals surface area contributed by atoms with Crippen molar-refractivity contribution in [2.75, 3.05) is 25.6 Å². The molecular weight excluding hydrogens is 358 g/mol. The second-order valence-corrected chi connectivity index (χ2v) is 6.11. The molecule has 3 aromatic rings. The van der Waals surface area contributed by atoms with E-state index in [1.54, 1.807) is 23.9 Å². The predicted molar refractivity (Wildman–Crippen MR) is 105 cm³/mol. The molecule has 0 unspecified atom stereocenters. The molecule has 0 saturated heterocycles. The lowest BCUT2D eigenvalue weighted by Gasteiger charge is -2.12. The Balaban J connectivity index is 1.56. The molecule has 0 saturated carbocycles. The monoisotopic (exact) mass is 381 g/mol. The van der Waals surface area contributed by atoms with E-state index < -0.39 is 0 Å². The Morgan fingerprint density at radius 1 is 1.18 bits per heavy atom. The Bertz CT molecular complexity index is 895. The standard InChI is InChI=1S/C20H23N5O3/c1-3-12-28-17-7-4-15(5-8-17)19(26)10-11-21-18-9-6-16(13-20(18)27-2)25-14-22-23-24-25/h4-9,13-14,21H,3,10-12H2,1-2H3. The van der Waals surface area contributed by atoms with E-state index in [2.05, 4.69) is 27.8 Å². The van der Waals surface area contributed by atoms with Crippen LogP contribution in [-0.2, 0) is 0 Å². The van der Waals surface area contributed by atoms with Crippen LogP contribution in [0.25, 0.3) is 5.69 Å². The van der Waals surface area contributed by atoms with E-state index in [1.165, 1.54) is 6.33 Å². The smallest absolute Gasteiger partial charge is 0.164 e. The highest BCUT2D eigenvalue weighted by Crippen LogP contribution is 2.27. The minimum atomic E-state index is 0.0684. The highest BCUT2D eigenvalue weighted by molar-refractivity contribution is 5.96. The van der Waals surface area contributed by atoms with Crippen molar-refractivity contribution in [2.45, 2.75) is 19.8 Å². The number of ether oxygens (including phenoxy) is 2. The lowest BCUT2D eigenvalue weighted by atomic mass is 10.1. The molecule has 0 aliphatic carbocycles. The zero-order valence-electron chi connectivity index (χ0n) is 16.0. The molecule has 0 fully saturated rings. The molecule has 0 aliphatic heterocycles. The molecule has 0 atom stereocenters. The molecule has 1 heterocycles. The van der Waals surface area contributed by atoms with Crippen LogP contribution in [-0.4, -0.2) is 46.3 Å². The number of benzene rings is 2. The van der Waals surface area contributed by atoms with Crippen molar-refractivity contribution in [3.8, 4) is 17.2 Å². The molecule has 0 spiro atoms. The van der Waals surface area contributed by atoms with Crippen LogP contribution in [0.15, 0.2) is 48.8 Å². The Morgan fingerprint density at radius 3 is 2.68 bits per heavy atom. The van der Waals surface area contributed by atoms with Gasteiger partial charge in [0.05, 0.1) is 25.1 Å². The van der Waals surface area contributed by atoms with E-state index in [0.29, 0.717) is 30.9 Å². The maximum Gasteiger partial charge on any atom is 0.164 e. The first kappa shape index (κ1) is 19.3. The number of ketones is 1. The molecule has 3 rings (SSSR count). The molecule has 28 heavy (non-hydrogen) atoms. The van der Waals surface area contributed by atoms with E-state index in [1.807, 2.05) is 30.3 Å². The highest BCUT2D eigenvalue weighted by atomic mass is 16.5. The SMILES string of the molecule is CCCOc1ccc(C(=O)CCNc2ccc(-n3cnnn3)cc2OC)cc1. The van der Waals surface area contributed by atoms with Crippen LogP contribution >= 0.6 is 0 Å². The molecule has 0 amide bonds. The minimum absolute atomic E-state index is 0.0684. The summed E-state index contributed by atoms with van der Waals surface area (Å²) < 4.78 is 12.5. The lowest BCUT2D eigenvalue weighted by Crippen LogP contribution is -2.10. The average molecular weight is 381 g/mol. The minimum Gasteiger partial charge on any atom is -0.495 e. The van der Waals surface area contributed by atoms with Crippen molar-refractivity contribution in [3.05, 3.63) is 54.4 Å². The summed E-state index contributed by atoms with van der Waals surface area (Å²) in [6.45, 7) is 3.22. The number of aromatic nitrogens is 4. The largest absolute Gasteiger partial charge is 0.495 e. The molecule has 1 aromatic heterocycles. The van der Waals surface area contributed by atoms with Gasteiger partial charge in [0.2, 0.25) is 0 Å². The molecule has 0 bridgehead atoms. The van der Waals surface area contributed by atoms with Gasteiger partial charge in [0.25, 0.3) is 0 Å².